The monoisotopic (exact) mass is 614 g/mol. The van der Waals surface area contributed by atoms with Crippen molar-refractivity contribution in [1.82, 2.24) is 15.5 Å². The number of rotatable bonds is 10. The van der Waals surface area contributed by atoms with Gasteiger partial charge in [-0.05, 0) is 54.5 Å². The van der Waals surface area contributed by atoms with Crippen LogP contribution in [0.5, 0.6) is 5.75 Å². The van der Waals surface area contributed by atoms with E-state index in [9.17, 15) is 19.2 Å². The molecule has 236 valence electrons. The van der Waals surface area contributed by atoms with E-state index in [4.69, 9.17) is 19.6 Å². The zero-order valence-corrected chi connectivity index (χ0v) is 25.6. The van der Waals surface area contributed by atoms with Crippen molar-refractivity contribution in [1.29, 1.82) is 5.41 Å². The second-order valence-corrected chi connectivity index (χ2v) is 11.0. The lowest BCUT2D eigenvalue weighted by molar-refractivity contribution is -0.155. The van der Waals surface area contributed by atoms with Crippen molar-refractivity contribution in [3.63, 3.8) is 0 Å². The first-order valence-corrected chi connectivity index (χ1v) is 14.7. The van der Waals surface area contributed by atoms with Crippen LogP contribution >= 0.6 is 0 Å². The summed E-state index contributed by atoms with van der Waals surface area (Å²) >= 11 is 0. The van der Waals surface area contributed by atoms with Gasteiger partial charge in [0.1, 0.15) is 18.2 Å². The van der Waals surface area contributed by atoms with Gasteiger partial charge in [-0.1, -0.05) is 60.7 Å². The molecule has 0 atom stereocenters. The van der Waals surface area contributed by atoms with E-state index < -0.39 is 6.09 Å². The van der Waals surface area contributed by atoms with E-state index in [-0.39, 0.29) is 48.8 Å². The van der Waals surface area contributed by atoms with Crippen LogP contribution in [0.3, 0.4) is 0 Å². The third-order valence-electron chi connectivity index (χ3n) is 7.62. The summed E-state index contributed by atoms with van der Waals surface area (Å²) in [5.41, 5.74) is 3.29. The molecule has 1 aliphatic carbocycles. The second-order valence-electron chi connectivity index (χ2n) is 11.0. The molecule has 1 fully saturated rings. The summed E-state index contributed by atoms with van der Waals surface area (Å²) in [6.07, 6.45) is 1.60. The average molecular weight is 615 g/mol. The lowest BCUT2D eigenvalue weighted by atomic mass is 9.86. The number of carbonyl (C=O) groups excluding carboxylic acids is 4. The molecular formula is C34H38N4O7. The Bertz CT molecular complexity index is 1520. The number of esters is 1. The first kappa shape index (κ1) is 32.7. The van der Waals surface area contributed by atoms with Gasteiger partial charge in [0.2, 0.25) is 0 Å². The Morgan fingerprint density at radius 3 is 2.18 bits per heavy atom. The largest absolute Gasteiger partial charge is 0.496 e. The number of nitrogens with zero attached hydrogens (tertiary/aromatic N) is 1. The highest BCUT2D eigenvalue weighted by Crippen LogP contribution is 2.29. The number of methoxy groups -OCH3 is 1. The van der Waals surface area contributed by atoms with Crippen molar-refractivity contribution >= 4 is 29.7 Å². The molecular weight excluding hydrogens is 576 g/mol. The van der Waals surface area contributed by atoms with Crippen molar-refractivity contribution in [2.75, 3.05) is 27.8 Å². The minimum absolute atomic E-state index is 0.0977. The van der Waals surface area contributed by atoms with Crippen LogP contribution in [0.25, 0.3) is 11.1 Å². The van der Waals surface area contributed by atoms with E-state index in [1.165, 1.54) is 12.0 Å². The molecule has 0 radical (unpaired) electrons. The van der Waals surface area contributed by atoms with Crippen LogP contribution in [0.1, 0.15) is 47.2 Å². The maximum atomic E-state index is 13.3. The number of hydrogen-bond acceptors (Lipinski definition) is 8. The fraction of sp³-hybridized carbons (Fsp3) is 0.324. The number of amides is 3. The minimum atomic E-state index is -0.719. The van der Waals surface area contributed by atoms with Crippen LogP contribution in [0.2, 0.25) is 0 Å². The van der Waals surface area contributed by atoms with E-state index in [0.717, 1.165) is 16.7 Å². The highest BCUT2D eigenvalue weighted by Gasteiger charge is 2.29. The number of benzene rings is 3. The molecule has 3 aromatic carbocycles. The Hall–Kier alpha value is -5.19. The molecule has 1 saturated carbocycles. The van der Waals surface area contributed by atoms with Crippen molar-refractivity contribution < 1.29 is 33.4 Å². The maximum absolute atomic E-state index is 13.3. The second kappa shape index (κ2) is 15.5. The molecule has 3 N–H and O–H groups in total. The molecule has 4 rings (SSSR count). The molecule has 0 aromatic heterocycles. The van der Waals surface area contributed by atoms with Crippen LogP contribution in [0.15, 0.2) is 72.8 Å². The summed E-state index contributed by atoms with van der Waals surface area (Å²) in [5.74, 6) is -0.914. The number of carbonyl (C=O) groups is 4. The van der Waals surface area contributed by atoms with E-state index in [1.54, 1.807) is 50.5 Å². The molecule has 3 aromatic rings. The fourth-order valence-corrected chi connectivity index (χ4v) is 4.94. The molecule has 45 heavy (non-hydrogen) atoms. The van der Waals surface area contributed by atoms with Gasteiger partial charge in [-0.15, -0.1) is 0 Å². The summed E-state index contributed by atoms with van der Waals surface area (Å²) in [4.78, 5) is 50.9. The van der Waals surface area contributed by atoms with E-state index >= 15 is 0 Å². The Labute approximate surface area is 262 Å². The van der Waals surface area contributed by atoms with Crippen LogP contribution in [0, 0.1) is 11.3 Å². The fourth-order valence-electron chi connectivity index (χ4n) is 4.94. The number of amidine groups is 1. The number of hydrogen-bond donors (Lipinski definition) is 3. The summed E-state index contributed by atoms with van der Waals surface area (Å²) in [7, 11) is 4.71. The zero-order chi connectivity index (χ0) is 32.3. The molecule has 0 bridgehead atoms. The number of nitrogens with one attached hydrogen (secondary N) is 3. The quantitative estimate of drug-likeness (QED) is 0.173. The number of ether oxygens (including phenoxy) is 3. The Morgan fingerprint density at radius 1 is 0.867 bits per heavy atom. The molecule has 11 heteroatoms. The Morgan fingerprint density at radius 2 is 1.53 bits per heavy atom. The van der Waals surface area contributed by atoms with Crippen molar-refractivity contribution in [3.8, 4) is 16.9 Å². The molecule has 11 nitrogen and oxygen atoms in total. The average Bonchev–Trinajstić information content (AvgIpc) is 3.06. The highest BCUT2D eigenvalue weighted by atomic mass is 16.5. The molecule has 0 aliphatic heterocycles. The minimum Gasteiger partial charge on any atom is -0.496 e. The molecule has 0 saturated heterocycles. The van der Waals surface area contributed by atoms with E-state index in [2.05, 4.69) is 10.6 Å². The van der Waals surface area contributed by atoms with Crippen LogP contribution in [-0.2, 0) is 25.7 Å². The van der Waals surface area contributed by atoms with Gasteiger partial charge in [-0.2, -0.15) is 0 Å². The lowest BCUT2D eigenvalue weighted by Gasteiger charge is -2.28. The molecule has 3 amide bonds. The smallest absolute Gasteiger partial charge is 0.413 e. The Balaban J connectivity index is 1.32. The van der Waals surface area contributed by atoms with Crippen LogP contribution < -0.4 is 15.4 Å². The predicted molar refractivity (Wildman–Crippen MR) is 168 cm³/mol. The van der Waals surface area contributed by atoms with Crippen LogP contribution in [0.4, 0.5) is 4.79 Å². The highest BCUT2D eigenvalue weighted by molar-refractivity contribution is 6.04. The summed E-state index contributed by atoms with van der Waals surface area (Å²) in [5, 5.41) is 13.8. The maximum Gasteiger partial charge on any atom is 0.413 e. The number of alkyl carbamates (subject to hydrolysis) is 1. The standard InChI is InChI=1S/C34H38N4O7/c1-38(2)30(39)21-44-33(41)25-13-16-27(17-14-25)36-32(40)28-19-26(15-18-29(28)43-3)23-9-11-24(12-10-23)31(35)37-34(42)45-20-22-7-5-4-6-8-22/h4-12,15,18-19,25,27H,13-14,16-17,20-21H2,1-3H3,(H,36,40)(H2,35,37,42). The summed E-state index contributed by atoms with van der Waals surface area (Å²) < 4.78 is 15.8. The van der Waals surface area contributed by atoms with Gasteiger partial charge in [-0.3, -0.25) is 25.1 Å². The lowest BCUT2D eigenvalue weighted by Crippen LogP contribution is -2.39. The van der Waals surface area contributed by atoms with Gasteiger partial charge in [0.05, 0.1) is 18.6 Å². The van der Waals surface area contributed by atoms with Gasteiger partial charge in [-0.25, -0.2) is 4.79 Å². The van der Waals surface area contributed by atoms with Gasteiger partial charge in [0.25, 0.3) is 11.8 Å². The third-order valence-corrected chi connectivity index (χ3v) is 7.62. The van der Waals surface area contributed by atoms with Crippen molar-refractivity contribution in [3.05, 3.63) is 89.5 Å². The number of likely N-dealkylation sites (N-methyl/N-ethyl adjacent to an activating group) is 1. The van der Waals surface area contributed by atoms with Gasteiger partial charge < -0.3 is 24.4 Å². The van der Waals surface area contributed by atoms with E-state index in [1.807, 2.05) is 36.4 Å². The molecule has 0 spiro atoms. The SMILES string of the molecule is COc1ccc(-c2ccc(C(=N)NC(=O)OCc3ccccc3)cc2)cc1C(=O)NC1CCC(C(=O)OCC(=O)N(C)C)CC1. The van der Waals surface area contributed by atoms with Crippen LogP contribution in [-0.4, -0.2) is 68.5 Å². The molecule has 0 heterocycles. The van der Waals surface area contributed by atoms with Gasteiger partial charge in [0.15, 0.2) is 6.61 Å². The molecule has 0 unspecified atom stereocenters. The predicted octanol–water partition coefficient (Wildman–Crippen LogP) is 4.53. The summed E-state index contributed by atoms with van der Waals surface area (Å²) in [6, 6.07) is 21.5. The topological polar surface area (TPSA) is 147 Å². The normalized spacial score (nSPS) is 15.7. The molecule has 1 aliphatic rings. The zero-order valence-electron chi connectivity index (χ0n) is 25.6. The van der Waals surface area contributed by atoms with Gasteiger partial charge in [0, 0.05) is 25.7 Å². The van der Waals surface area contributed by atoms with Crippen molar-refractivity contribution in [2.45, 2.75) is 38.3 Å². The van der Waals surface area contributed by atoms with E-state index in [0.29, 0.717) is 42.6 Å². The van der Waals surface area contributed by atoms with Crippen molar-refractivity contribution in [2.24, 2.45) is 5.92 Å². The first-order valence-electron chi connectivity index (χ1n) is 14.7. The Kier molecular flexibility index (Phi) is 11.3. The van der Waals surface area contributed by atoms with Gasteiger partial charge >= 0.3 is 12.1 Å². The summed E-state index contributed by atoms with van der Waals surface area (Å²) in [6.45, 7) is -0.173. The first-order chi connectivity index (χ1) is 21.6. The third kappa shape index (κ3) is 9.15.